The zero-order valence-corrected chi connectivity index (χ0v) is 20.6. The molecule has 0 N–H and O–H groups in total. The Balaban J connectivity index is 1.54. The first-order chi connectivity index (χ1) is 16.6. The zero-order chi connectivity index (χ0) is 23.7. The van der Waals surface area contributed by atoms with E-state index >= 15 is 0 Å². The van der Waals surface area contributed by atoms with Gasteiger partial charge in [-0.1, -0.05) is 49.2 Å². The molecule has 0 spiro atoms. The summed E-state index contributed by atoms with van der Waals surface area (Å²) in [7, 11) is 0. The van der Waals surface area contributed by atoms with Gasteiger partial charge in [0.2, 0.25) is 0 Å². The molecule has 1 saturated heterocycles. The number of fused-ring (bicyclic) bond motifs is 3. The highest BCUT2D eigenvalue weighted by atomic mass is 35.5. The van der Waals surface area contributed by atoms with E-state index in [0.717, 1.165) is 79.3 Å². The van der Waals surface area contributed by atoms with E-state index in [-0.39, 0.29) is 0 Å². The minimum atomic E-state index is 0.701. The fraction of sp³-hybridized carbons (Fsp3) is 0.357. The van der Waals surface area contributed by atoms with Gasteiger partial charge in [-0.2, -0.15) is 5.26 Å². The summed E-state index contributed by atoms with van der Waals surface area (Å²) in [5.74, 6) is 1.22. The first-order valence-corrected chi connectivity index (χ1v) is 12.5. The van der Waals surface area contributed by atoms with Gasteiger partial charge in [-0.15, -0.1) is 0 Å². The topological polar surface area (TPSA) is 47.6 Å². The number of aromatic nitrogens is 2. The van der Waals surface area contributed by atoms with Crippen molar-refractivity contribution in [1.29, 1.82) is 5.26 Å². The van der Waals surface area contributed by atoms with Crippen LogP contribution in [0.2, 0.25) is 5.02 Å². The number of unbranched alkanes of at least 4 members (excludes halogenated alkanes) is 1. The molecule has 0 atom stereocenters. The van der Waals surface area contributed by atoms with Gasteiger partial charge in [-0.3, -0.25) is 9.30 Å². The van der Waals surface area contributed by atoms with Crippen LogP contribution in [0.1, 0.15) is 42.0 Å². The summed E-state index contributed by atoms with van der Waals surface area (Å²) in [6.45, 7) is 9.12. The van der Waals surface area contributed by atoms with Crippen LogP contribution in [0.5, 0.6) is 0 Å². The Kier molecular flexibility index (Phi) is 6.45. The Morgan fingerprint density at radius 2 is 1.76 bits per heavy atom. The van der Waals surface area contributed by atoms with Crippen molar-refractivity contribution in [2.75, 3.05) is 31.1 Å². The van der Waals surface area contributed by atoms with E-state index < -0.39 is 0 Å². The van der Waals surface area contributed by atoms with Crippen LogP contribution >= 0.6 is 11.6 Å². The van der Waals surface area contributed by atoms with E-state index in [1.165, 1.54) is 16.9 Å². The van der Waals surface area contributed by atoms with E-state index in [0.29, 0.717) is 5.56 Å². The smallest absolute Gasteiger partial charge is 0.157 e. The van der Waals surface area contributed by atoms with E-state index in [4.69, 9.17) is 16.6 Å². The van der Waals surface area contributed by atoms with Crippen molar-refractivity contribution < 1.29 is 0 Å². The molecule has 0 unspecified atom stereocenters. The predicted octanol–water partition coefficient (Wildman–Crippen LogP) is 5.99. The zero-order valence-electron chi connectivity index (χ0n) is 19.9. The predicted molar refractivity (Wildman–Crippen MR) is 140 cm³/mol. The number of anilines is 1. The van der Waals surface area contributed by atoms with Crippen molar-refractivity contribution in [3.8, 4) is 6.07 Å². The summed E-state index contributed by atoms with van der Waals surface area (Å²) in [6, 6.07) is 18.9. The molecule has 2 aromatic heterocycles. The van der Waals surface area contributed by atoms with Crippen molar-refractivity contribution >= 4 is 34.1 Å². The molecule has 1 aliphatic rings. The average molecular weight is 472 g/mol. The normalized spacial score (nSPS) is 14.7. The molecular weight excluding hydrogens is 442 g/mol. The van der Waals surface area contributed by atoms with Gasteiger partial charge in [0, 0.05) is 37.7 Å². The fourth-order valence-corrected chi connectivity index (χ4v) is 5.24. The lowest BCUT2D eigenvalue weighted by Crippen LogP contribution is -2.47. The summed E-state index contributed by atoms with van der Waals surface area (Å²) < 4.78 is 2.25. The minimum Gasteiger partial charge on any atom is -0.355 e. The van der Waals surface area contributed by atoms with Gasteiger partial charge < -0.3 is 4.90 Å². The SMILES string of the molecule is CCCCc1c(C)c(C#N)c2nc3ccccc3n2c1N1CCN(Cc2ccc(Cl)cc2)CC1. The lowest BCUT2D eigenvalue weighted by molar-refractivity contribution is 0.249. The lowest BCUT2D eigenvalue weighted by Gasteiger charge is -2.38. The number of piperazine rings is 1. The molecule has 34 heavy (non-hydrogen) atoms. The molecule has 5 nitrogen and oxygen atoms in total. The Morgan fingerprint density at radius 1 is 1.03 bits per heavy atom. The van der Waals surface area contributed by atoms with Crippen molar-refractivity contribution in [2.24, 2.45) is 0 Å². The number of nitriles is 1. The van der Waals surface area contributed by atoms with Crippen molar-refractivity contribution in [2.45, 2.75) is 39.7 Å². The number of halogens is 1. The first kappa shape index (κ1) is 22.7. The standard InChI is InChI=1S/C28H30ClN5/c1-3-4-7-23-20(2)24(18-30)27-31-25-8-5-6-9-26(25)34(27)28(23)33-16-14-32(15-17-33)19-21-10-12-22(29)13-11-21/h5-6,8-13H,3-4,7,14-17,19H2,1-2H3. The number of nitrogens with zero attached hydrogens (tertiary/aromatic N) is 5. The van der Waals surface area contributed by atoms with E-state index in [1.807, 2.05) is 24.3 Å². The summed E-state index contributed by atoms with van der Waals surface area (Å²) in [4.78, 5) is 9.91. The third-order valence-corrected chi connectivity index (χ3v) is 7.23. The summed E-state index contributed by atoms with van der Waals surface area (Å²) >= 11 is 6.06. The molecule has 0 bridgehead atoms. The highest BCUT2D eigenvalue weighted by molar-refractivity contribution is 6.30. The lowest BCUT2D eigenvalue weighted by atomic mass is 9.99. The largest absolute Gasteiger partial charge is 0.355 e. The van der Waals surface area contributed by atoms with Crippen molar-refractivity contribution in [3.63, 3.8) is 0 Å². The molecular formula is C28H30ClN5. The highest BCUT2D eigenvalue weighted by Crippen LogP contribution is 2.34. The maximum Gasteiger partial charge on any atom is 0.157 e. The number of pyridine rings is 1. The molecule has 1 aliphatic heterocycles. The number of para-hydroxylation sites is 2. The molecule has 5 rings (SSSR count). The van der Waals surface area contributed by atoms with Gasteiger partial charge in [0.05, 0.1) is 16.6 Å². The average Bonchev–Trinajstić information content (AvgIpc) is 3.23. The fourth-order valence-electron chi connectivity index (χ4n) is 5.11. The Hall–Kier alpha value is -3.07. The molecule has 0 amide bonds. The quantitative estimate of drug-likeness (QED) is 0.346. The third-order valence-electron chi connectivity index (χ3n) is 6.98. The molecule has 2 aromatic carbocycles. The maximum atomic E-state index is 10.1. The van der Waals surface area contributed by atoms with E-state index in [2.05, 4.69) is 58.4 Å². The molecule has 1 fully saturated rings. The number of hydrogen-bond donors (Lipinski definition) is 0. The van der Waals surface area contributed by atoms with Gasteiger partial charge in [0.15, 0.2) is 5.65 Å². The Morgan fingerprint density at radius 3 is 2.47 bits per heavy atom. The van der Waals surface area contributed by atoms with Crippen LogP contribution in [-0.4, -0.2) is 40.5 Å². The second-order valence-corrected chi connectivity index (χ2v) is 9.60. The summed E-state index contributed by atoms with van der Waals surface area (Å²) in [5.41, 5.74) is 7.16. The Bertz CT molecular complexity index is 1360. The molecule has 4 aromatic rings. The van der Waals surface area contributed by atoms with Gasteiger partial charge in [-0.05, 0) is 60.7 Å². The number of rotatable bonds is 6. The van der Waals surface area contributed by atoms with Crippen LogP contribution in [0.15, 0.2) is 48.5 Å². The Labute approximate surface area is 206 Å². The van der Waals surface area contributed by atoms with Crippen LogP contribution in [0.4, 0.5) is 5.82 Å². The summed E-state index contributed by atoms with van der Waals surface area (Å²) in [6.07, 6.45) is 3.20. The van der Waals surface area contributed by atoms with Crippen LogP contribution in [0.25, 0.3) is 16.7 Å². The minimum absolute atomic E-state index is 0.701. The second kappa shape index (κ2) is 9.66. The van der Waals surface area contributed by atoms with Gasteiger partial charge in [0.25, 0.3) is 0 Å². The van der Waals surface area contributed by atoms with Crippen LogP contribution in [0, 0.1) is 18.3 Å². The number of hydrogen-bond acceptors (Lipinski definition) is 4. The van der Waals surface area contributed by atoms with Crippen molar-refractivity contribution in [3.05, 3.63) is 75.8 Å². The molecule has 0 radical (unpaired) electrons. The molecule has 0 aliphatic carbocycles. The van der Waals surface area contributed by atoms with Crippen LogP contribution in [-0.2, 0) is 13.0 Å². The van der Waals surface area contributed by atoms with Gasteiger partial charge in [0.1, 0.15) is 11.9 Å². The van der Waals surface area contributed by atoms with Gasteiger partial charge >= 0.3 is 0 Å². The third kappa shape index (κ3) is 4.13. The highest BCUT2D eigenvalue weighted by Gasteiger charge is 2.26. The first-order valence-electron chi connectivity index (χ1n) is 12.1. The van der Waals surface area contributed by atoms with Crippen LogP contribution in [0.3, 0.4) is 0 Å². The van der Waals surface area contributed by atoms with Gasteiger partial charge in [-0.25, -0.2) is 4.98 Å². The molecule has 6 heteroatoms. The van der Waals surface area contributed by atoms with E-state index in [1.54, 1.807) is 0 Å². The second-order valence-electron chi connectivity index (χ2n) is 9.17. The van der Waals surface area contributed by atoms with Crippen LogP contribution < -0.4 is 4.90 Å². The van der Waals surface area contributed by atoms with Crippen molar-refractivity contribution in [1.82, 2.24) is 14.3 Å². The molecule has 0 saturated carbocycles. The number of imidazole rings is 1. The maximum absolute atomic E-state index is 10.1. The summed E-state index contributed by atoms with van der Waals surface area (Å²) in [5, 5.41) is 10.8. The monoisotopic (exact) mass is 471 g/mol. The van der Waals surface area contributed by atoms with E-state index in [9.17, 15) is 5.26 Å². The molecule has 3 heterocycles. The molecule has 174 valence electrons. The number of benzene rings is 2.